The summed E-state index contributed by atoms with van der Waals surface area (Å²) in [5.74, 6) is -0.945. The van der Waals surface area contributed by atoms with E-state index in [1.54, 1.807) is 30.2 Å². The first-order chi connectivity index (χ1) is 18.1. The predicted molar refractivity (Wildman–Crippen MR) is 141 cm³/mol. The number of hydrogen-bond donors (Lipinski definition) is 3. The lowest BCUT2D eigenvalue weighted by molar-refractivity contribution is -0.141. The highest BCUT2D eigenvalue weighted by atomic mass is 16.5. The lowest BCUT2D eigenvalue weighted by atomic mass is 9.98. The Morgan fingerprint density at radius 3 is 2.47 bits per heavy atom. The highest BCUT2D eigenvalue weighted by Crippen LogP contribution is 2.39. The van der Waals surface area contributed by atoms with Crippen LogP contribution in [-0.4, -0.2) is 65.6 Å². The van der Waals surface area contributed by atoms with E-state index in [9.17, 15) is 24.3 Å². The minimum atomic E-state index is -1.45. The van der Waals surface area contributed by atoms with Gasteiger partial charge in [0.25, 0.3) is 0 Å². The number of aryl methyl sites for hydroxylation is 2. The van der Waals surface area contributed by atoms with E-state index in [0.717, 1.165) is 40.8 Å². The zero-order valence-electron chi connectivity index (χ0n) is 22.1. The molecule has 5 amide bonds. The number of ether oxygens (including phenoxy) is 1. The van der Waals surface area contributed by atoms with Crippen molar-refractivity contribution in [1.29, 1.82) is 0 Å². The van der Waals surface area contributed by atoms with Crippen molar-refractivity contribution in [1.82, 2.24) is 15.1 Å². The van der Waals surface area contributed by atoms with Crippen molar-refractivity contribution in [3.05, 3.63) is 58.7 Å². The summed E-state index contributed by atoms with van der Waals surface area (Å²) >= 11 is 0. The van der Waals surface area contributed by atoms with Crippen molar-refractivity contribution in [2.75, 3.05) is 26.0 Å². The molecule has 0 spiro atoms. The second kappa shape index (κ2) is 11.1. The molecule has 202 valence electrons. The molecule has 10 nitrogen and oxygen atoms in total. The van der Waals surface area contributed by atoms with Crippen LogP contribution in [0.25, 0.3) is 0 Å². The third kappa shape index (κ3) is 5.29. The van der Waals surface area contributed by atoms with E-state index >= 15 is 0 Å². The number of carbonyl (C=O) groups excluding carboxylic acids is 3. The number of likely N-dealkylation sites (tertiary alicyclic amines) is 1. The van der Waals surface area contributed by atoms with Crippen LogP contribution in [-0.2, 0) is 16.0 Å². The molecule has 0 bridgehead atoms. The fourth-order valence-electron chi connectivity index (χ4n) is 5.65. The molecule has 0 radical (unpaired) electrons. The normalized spacial score (nSPS) is 20.0. The number of nitrogens with zero attached hydrogens (tertiary/aromatic N) is 2. The van der Waals surface area contributed by atoms with Gasteiger partial charge >= 0.3 is 12.1 Å². The van der Waals surface area contributed by atoms with Gasteiger partial charge in [-0.15, -0.1) is 0 Å². The minimum absolute atomic E-state index is 0.0850. The predicted octanol–water partition coefficient (Wildman–Crippen LogP) is 4.04. The molecule has 1 aliphatic carbocycles. The number of fused-ring (bicyclic) bond motifs is 1. The molecule has 0 aromatic heterocycles. The largest absolute Gasteiger partial charge is 0.497 e. The first kappa shape index (κ1) is 27.0. The van der Waals surface area contributed by atoms with Gasteiger partial charge in [0, 0.05) is 18.8 Å². The number of imide groups is 1. The van der Waals surface area contributed by atoms with Crippen LogP contribution in [0.5, 0.6) is 5.75 Å². The molecule has 2 aromatic carbocycles. The van der Waals surface area contributed by atoms with Crippen molar-refractivity contribution >= 4 is 29.6 Å². The Bertz CT molecular complexity index is 1260. The molecule has 38 heavy (non-hydrogen) atoms. The maximum absolute atomic E-state index is 13.5. The number of amides is 5. The molecule has 2 aliphatic rings. The molecule has 0 saturated carbocycles. The van der Waals surface area contributed by atoms with E-state index in [1.165, 1.54) is 7.05 Å². The molecule has 3 N–H and O–H groups in total. The number of benzene rings is 2. The number of urea groups is 1. The zero-order valence-corrected chi connectivity index (χ0v) is 22.1. The number of methoxy groups -OCH3 is 1. The van der Waals surface area contributed by atoms with Gasteiger partial charge in [0.15, 0.2) is 0 Å². The van der Waals surface area contributed by atoms with Crippen LogP contribution < -0.4 is 15.4 Å². The summed E-state index contributed by atoms with van der Waals surface area (Å²) < 4.78 is 5.30. The Morgan fingerprint density at radius 1 is 1.08 bits per heavy atom. The van der Waals surface area contributed by atoms with Crippen LogP contribution in [0.4, 0.5) is 15.3 Å². The lowest BCUT2D eigenvalue weighted by Gasteiger charge is -2.32. The summed E-state index contributed by atoms with van der Waals surface area (Å²) in [7, 11) is 3.12. The monoisotopic (exact) mass is 522 g/mol. The molecule has 2 aromatic rings. The van der Waals surface area contributed by atoms with Gasteiger partial charge in [-0.1, -0.05) is 12.1 Å². The Morgan fingerprint density at radius 2 is 1.82 bits per heavy atom. The van der Waals surface area contributed by atoms with Gasteiger partial charge in [0.1, 0.15) is 12.3 Å². The average Bonchev–Trinajstić information content (AvgIpc) is 3.49. The Balaban J connectivity index is 1.52. The van der Waals surface area contributed by atoms with Crippen molar-refractivity contribution in [2.24, 2.45) is 0 Å². The second-order valence-electron chi connectivity index (χ2n) is 9.88. The lowest BCUT2D eigenvalue weighted by Crippen LogP contribution is -2.48. The Labute approximate surface area is 221 Å². The third-order valence-corrected chi connectivity index (χ3v) is 7.59. The van der Waals surface area contributed by atoms with Gasteiger partial charge in [-0.3, -0.25) is 9.59 Å². The molecular weight excluding hydrogens is 488 g/mol. The van der Waals surface area contributed by atoms with Crippen molar-refractivity contribution in [3.63, 3.8) is 0 Å². The van der Waals surface area contributed by atoms with E-state index in [0.29, 0.717) is 23.4 Å². The maximum atomic E-state index is 13.5. The van der Waals surface area contributed by atoms with Gasteiger partial charge in [-0.25, -0.2) is 14.5 Å². The zero-order chi connectivity index (χ0) is 27.6. The number of carboxylic acid groups (broad SMARTS) is 1. The van der Waals surface area contributed by atoms with E-state index < -0.39 is 30.4 Å². The number of hydrogen-bond acceptors (Lipinski definition) is 5. The Kier molecular flexibility index (Phi) is 7.89. The molecule has 0 unspecified atom stereocenters. The second-order valence-corrected chi connectivity index (χ2v) is 9.88. The minimum Gasteiger partial charge on any atom is -0.497 e. The number of nitrogens with one attached hydrogen (secondary N) is 2. The van der Waals surface area contributed by atoms with Gasteiger partial charge in [-0.2, -0.15) is 0 Å². The van der Waals surface area contributed by atoms with Crippen LogP contribution in [0.3, 0.4) is 0 Å². The fraction of sp³-hybridized carbons (Fsp3) is 0.429. The molecule has 1 aliphatic heterocycles. The molecule has 4 rings (SSSR count). The summed E-state index contributed by atoms with van der Waals surface area (Å²) in [6, 6.07) is 10.3. The quantitative estimate of drug-likeness (QED) is 0.525. The smallest absolute Gasteiger partial charge is 0.414 e. The summed E-state index contributed by atoms with van der Waals surface area (Å²) in [6.07, 6.45) is 1.09. The topological polar surface area (TPSA) is 128 Å². The average molecular weight is 523 g/mol. The van der Waals surface area contributed by atoms with Crippen molar-refractivity contribution < 1.29 is 29.0 Å². The van der Waals surface area contributed by atoms with E-state index in [2.05, 4.69) is 10.6 Å². The van der Waals surface area contributed by atoms with Crippen molar-refractivity contribution in [2.45, 2.75) is 57.5 Å². The van der Waals surface area contributed by atoms with Crippen molar-refractivity contribution in [3.8, 4) is 5.75 Å². The standard InChI is InChI=1S/C28H34N4O6/c1-16-13-20(38-4)8-11-21(16)24-12-5-17(2)32(24)25(33)15-31(28(36)37)26(34)23-9-6-18-14-19(7-10-22(18)23)30-27(35)29-3/h7-8,10-11,13-14,17,23-24H,5-6,9,12,15H2,1-4H3,(H,36,37)(H2,29,30,35)/t17-,23-,24+/m0/s1. The third-order valence-electron chi connectivity index (χ3n) is 7.59. The van der Waals surface area contributed by atoms with Crippen LogP contribution in [0.1, 0.15) is 60.4 Å². The molecule has 1 fully saturated rings. The van der Waals surface area contributed by atoms with Crippen LogP contribution in [0, 0.1) is 6.92 Å². The number of rotatable bonds is 6. The number of carbonyl (C=O) groups is 4. The molecule has 3 atom stereocenters. The maximum Gasteiger partial charge on any atom is 0.414 e. The summed E-state index contributed by atoms with van der Waals surface area (Å²) in [6.45, 7) is 3.37. The first-order valence-corrected chi connectivity index (χ1v) is 12.8. The molecular formula is C28H34N4O6. The van der Waals surface area contributed by atoms with E-state index in [1.807, 2.05) is 32.0 Å². The van der Waals surface area contributed by atoms with Gasteiger partial charge in [0.2, 0.25) is 11.8 Å². The van der Waals surface area contributed by atoms with Crippen LogP contribution >= 0.6 is 0 Å². The van der Waals surface area contributed by atoms with Gasteiger partial charge < -0.3 is 25.4 Å². The molecule has 1 saturated heterocycles. The highest BCUT2D eigenvalue weighted by Gasteiger charge is 2.40. The highest BCUT2D eigenvalue weighted by molar-refractivity contribution is 5.99. The summed E-state index contributed by atoms with van der Waals surface area (Å²) in [5.41, 5.74) is 4.15. The number of anilines is 1. The summed E-state index contributed by atoms with van der Waals surface area (Å²) in [5, 5.41) is 15.1. The van der Waals surface area contributed by atoms with Crippen LogP contribution in [0.2, 0.25) is 0 Å². The van der Waals surface area contributed by atoms with Gasteiger partial charge in [-0.05, 0) is 86.1 Å². The van der Waals surface area contributed by atoms with E-state index in [4.69, 9.17) is 4.74 Å². The fourth-order valence-corrected chi connectivity index (χ4v) is 5.65. The summed E-state index contributed by atoms with van der Waals surface area (Å²) in [4.78, 5) is 53.2. The molecule has 10 heteroatoms. The molecule has 1 heterocycles. The van der Waals surface area contributed by atoms with E-state index in [-0.39, 0.29) is 18.1 Å². The van der Waals surface area contributed by atoms with Gasteiger partial charge in [0.05, 0.1) is 19.1 Å². The Hall–Kier alpha value is -4.08. The SMILES string of the molecule is CNC(=O)Nc1ccc2c(c1)CC[C@@H]2C(=O)N(CC(=O)N1[C@@H](c2ccc(OC)cc2C)CC[C@@H]1C)C(=O)O. The van der Waals surface area contributed by atoms with Crippen LogP contribution in [0.15, 0.2) is 36.4 Å². The first-order valence-electron chi connectivity index (χ1n) is 12.8.